The highest BCUT2D eigenvalue weighted by atomic mass is 16.2. The first-order valence-corrected chi connectivity index (χ1v) is 22.5. The van der Waals surface area contributed by atoms with Gasteiger partial charge in [0, 0.05) is 19.4 Å². The lowest BCUT2D eigenvalue weighted by atomic mass is 10.1. The third kappa shape index (κ3) is 37.7. The smallest absolute Gasteiger partial charge is 0.240 e. The fourth-order valence-electron chi connectivity index (χ4n) is 6.78. The number of carbonyl (C=O) groups is 2. The van der Waals surface area contributed by atoms with Crippen LogP contribution in [0.5, 0.6) is 0 Å². The summed E-state index contributed by atoms with van der Waals surface area (Å²) in [5, 5.41) is 1.54. The summed E-state index contributed by atoms with van der Waals surface area (Å²) in [5.41, 5.74) is 2.87. The van der Waals surface area contributed by atoms with Gasteiger partial charge in [-0.15, -0.1) is 0 Å². The van der Waals surface area contributed by atoms with Crippen molar-refractivity contribution in [1.82, 2.24) is 10.4 Å². The number of unbranched alkanes of at least 4 members (excludes halogenated alkanes) is 30. The lowest BCUT2D eigenvalue weighted by molar-refractivity contribution is -0.141. The molecule has 0 heterocycles. The first-order valence-electron chi connectivity index (χ1n) is 22.5. The maximum absolute atomic E-state index is 12.6. The summed E-state index contributed by atoms with van der Waals surface area (Å²) in [7, 11) is 0. The largest absolute Gasteiger partial charge is 0.273 e. The molecule has 0 aliphatic carbocycles. The molecule has 0 rings (SSSR count). The zero-order valence-electron chi connectivity index (χ0n) is 34.2. The van der Waals surface area contributed by atoms with E-state index in [0.29, 0.717) is 19.4 Å². The summed E-state index contributed by atoms with van der Waals surface area (Å²) < 4.78 is 0. The Balaban J connectivity index is 3.52. The SMILES string of the molecule is CCCCCCCCC=CCCCCCCCCCCCC(=O)NN(CC)C(=O)CCCCCCCCCCCC=CCCCCCCCC. The Morgan fingerprint density at radius 1 is 0.380 bits per heavy atom. The summed E-state index contributed by atoms with van der Waals surface area (Å²) in [6.45, 7) is 7.04. The minimum Gasteiger partial charge on any atom is -0.273 e. The molecule has 0 fully saturated rings. The van der Waals surface area contributed by atoms with Gasteiger partial charge in [-0.2, -0.15) is 0 Å². The van der Waals surface area contributed by atoms with Crippen LogP contribution in [0.15, 0.2) is 24.3 Å². The van der Waals surface area contributed by atoms with Crippen molar-refractivity contribution in [3.05, 3.63) is 24.3 Å². The molecular formula is C46H88N2O2. The van der Waals surface area contributed by atoms with Crippen LogP contribution in [0.1, 0.15) is 252 Å². The predicted molar refractivity (Wildman–Crippen MR) is 221 cm³/mol. The van der Waals surface area contributed by atoms with Crippen molar-refractivity contribution in [2.75, 3.05) is 6.54 Å². The Bertz CT molecular complexity index is 761. The van der Waals surface area contributed by atoms with Gasteiger partial charge < -0.3 is 0 Å². The van der Waals surface area contributed by atoms with E-state index in [-0.39, 0.29) is 11.8 Å². The van der Waals surface area contributed by atoms with Crippen LogP contribution in [0.3, 0.4) is 0 Å². The molecule has 1 N–H and O–H groups in total. The summed E-state index contributed by atoms with van der Waals surface area (Å²) in [6, 6.07) is 0. The first-order chi connectivity index (χ1) is 24.7. The molecule has 0 bridgehead atoms. The first kappa shape index (κ1) is 48.4. The number of hydrazine groups is 1. The van der Waals surface area contributed by atoms with E-state index in [2.05, 4.69) is 43.6 Å². The Morgan fingerprint density at radius 3 is 0.980 bits per heavy atom. The van der Waals surface area contributed by atoms with Gasteiger partial charge in [0.1, 0.15) is 0 Å². The molecule has 0 atom stereocenters. The lowest BCUT2D eigenvalue weighted by Gasteiger charge is -2.21. The summed E-state index contributed by atoms with van der Waals surface area (Å²) in [6.07, 6.45) is 54.7. The number of nitrogens with zero attached hydrogens (tertiary/aromatic N) is 1. The van der Waals surface area contributed by atoms with Crippen LogP contribution in [-0.4, -0.2) is 23.4 Å². The third-order valence-corrected chi connectivity index (χ3v) is 10.2. The van der Waals surface area contributed by atoms with Crippen LogP contribution in [0, 0.1) is 0 Å². The van der Waals surface area contributed by atoms with Crippen molar-refractivity contribution in [1.29, 1.82) is 0 Å². The van der Waals surface area contributed by atoms with Crippen LogP contribution >= 0.6 is 0 Å². The summed E-state index contributed by atoms with van der Waals surface area (Å²) >= 11 is 0. The highest BCUT2D eigenvalue weighted by Crippen LogP contribution is 2.14. The van der Waals surface area contributed by atoms with Crippen LogP contribution in [0.4, 0.5) is 0 Å². The topological polar surface area (TPSA) is 49.4 Å². The van der Waals surface area contributed by atoms with E-state index in [1.165, 1.54) is 198 Å². The number of rotatable bonds is 39. The molecule has 294 valence electrons. The van der Waals surface area contributed by atoms with Gasteiger partial charge in [0.2, 0.25) is 11.8 Å². The van der Waals surface area contributed by atoms with E-state index in [0.717, 1.165) is 25.7 Å². The van der Waals surface area contributed by atoms with Crippen molar-refractivity contribution < 1.29 is 9.59 Å². The molecule has 50 heavy (non-hydrogen) atoms. The van der Waals surface area contributed by atoms with Gasteiger partial charge in [-0.1, -0.05) is 192 Å². The van der Waals surface area contributed by atoms with Gasteiger partial charge in [0.05, 0.1) is 0 Å². The normalized spacial score (nSPS) is 11.7. The number of amides is 2. The average molecular weight is 701 g/mol. The minimum absolute atomic E-state index is 0.00888. The fourth-order valence-corrected chi connectivity index (χ4v) is 6.78. The monoisotopic (exact) mass is 701 g/mol. The number of nitrogens with one attached hydrogen (secondary N) is 1. The van der Waals surface area contributed by atoms with Crippen molar-refractivity contribution >= 4 is 11.8 Å². The number of hydrogen-bond donors (Lipinski definition) is 1. The zero-order chi connectivity index (χ0) is 36.4. The highest BCUT2D eigenvalue weighted by Gasteiger charge is 2.14. The van der Waals surface area contributed by atoms with Crippen molar-refractivity contribution in [3.8, 4) is 0 Å². The van der Waals surface area contributed by atoms with Crippen LogP contribution in [0.2, 0.25) is 0 Å². The zero-order valence-corrected chi connectivity index (χ0v) is 34.2. The Labute approximate surface area is 313 Å². The average Bonchev–Trinajstić information content (AvgIpc) is 3.12. The lowest BCUT2D eigenvalue weighted by Crippen LogP contribution is -2.45. The van der Waals surface area contributed by atoms with Gasteiger partial charge in [-0.3, -0.25) is 20.0 Å². The summed E-state index contributed by atoms with van der Waals surface area (Å²) in [4.78, 5) is 25.1. The third-order valence-electron chi connectivity index (χ3n) is 10.2. The second kappa shape index (κ2) is 41.8. The Morgan fingerprint density at radius 2 is 0.660 bits per heavy atom. The quantitative estimate of drug-likeness (QED) is 0.0394. The molecule has 4 heteroatoms. The molecule has 2 amide bonds. The van der Waals surface area contributed by atoms with Gasteiger partial charge in [0.15, 0.2) is 0 Å². The molecule has 0 aliphatic heterocycles. The molecule has 0 saturated heterocycles. The second-order valence-electron chi connectivity index (χ2n) is 15.2. The van der Waals surface area contributed by atoms with Gasteiger partial charge in [-0.25, -0.2) is 0 Å². The van der Waals surface area contributed by atoms with E-state index >= 15 is 0 Å². The van der Waals surface area contributed by atoms with E-state index in [1.807, 2.05) is 6.92 Å². The predicted octanol–water partition coefficient (Wildman–Crippen LogP) is 15.1. The summed E-state index contributed by atoms with van der Waals surface area (Å²) in [5.74, 6) is 0.0523. The van der Waals surface area contributed by atoms with Crippen molar-refractivity contribution in [3.63, 3.8) is 0 Å². The molecule has 0 unspecified atom stereocenters. The van der Waals surface area contributed by atoms with Gasteiger partial charge in [-0.05, 0) is 71.1 Å². The van der Waals surface area contributed by atoms with Crippen LogP contribution in [-0.2, 0) is 9.59 Å². The second-order valence-corrected chi connectivity index (χ2v) is 15.2. The molecule has 0 spiro atoms. The number of hydrogen-bond acceptors (Lipinski definition) is 2. The van der Waals surface area contributed by atoms with Gasteiger partial charge >= 0.3 is 0 Å². The Hall–Kier alpha value is -1.58. The molecule has 0 aromatic rings. The molecular weight excluding hydrogens is 613 g/mol. The number of allylic oxidation sites excluding steroid dienone is 4. The molecule has 0 aromatic heterocycles. The maximum Gasteiger partial charge on any atom is 0.240 e. The van der Waals surface area contributed by atoms with E-state index in [1.54, 1.807) is 0 Å². The number of carbonyl (C=O) groups excluding carboxylic acids is 2. The van der Waals surface area contributed by atoms with Crippen molar-refractivity contribution in [2.24, 2.45) is 0 Å². The van der Waals surface area contributed by atoms with Crippen LogP contribution in [0.25, 0.3) is 0 Å². The fraction of sp³-hybridized carbons (Fsp3) is 0.870. The van der Waals surface area contributed by atoms with E-state index < -0.39 is 0 Å². The van der Waals surface area contributed by atoms with Crippen LogP contribution < -0.4 is 5.43 Å². The van der Waals surface area contributed by atoms with E-state index in [4.69, 9.17) is 0 Å². The van der Waals surface area contributed by atoms with E-state index in [9.17, 15) is 9.59 Å². The van der Waals surface area contributed by atoms with Crippen molar-refractivity contribution in [2.45, 2.75) is 252 Å². The molecule has 0 saturated carbocycles. The molecule has 0 radical (unpaired) electrons. The van der Waals surface area contributed by atoms with Gasteiger partial charge in [0.25, 0.3) is 0 Å². The molecule has 0 aromatic carbocycles. The highest BCUT2D eigenvalue weighted by molar-refractivity contribution is 5.82. The maximum atomic E-state index is 12.6. The molecule has 0 aliphatic rings. The minimum atomic E-state index is -0.00888. The standard InChI is InChI=1S/C46H88N2O2/c1-4-7-9-11-13-15-17-19-21-23-25-27-29-31-33-35-37-39-41-43-45(49)47-48(6-3)46(50)44-42-40-38-36-34-32-30-28-26-24-22-20-18-16-14-12-10-8-5-2/h19-22H,4-18,23-44H2,1-3H3,(H,47,49). The molecule has 4 nitrogen and oxygen atoms in total. The Kier molecular flexibility index (Phi) is 40.5.